The summed E-state index contributed by atoms with van der Waals surface area (Å²) in [7, 11) is 0. The van der Waals surface area contributed by atoms with Gasteiger partial charge in [0, 0.05) is 17.6 Å². The van der Waals surface area contributed by atoms with E-state index in [1.54, 1.807) is 6.92 Å². The van der Waals surface area contributed by atoms with E-state index in [-0.39, 0.29) is 12.5 Å². The van der Waals surface area contributed by atoms with Gasteiger partial charge in [-0.25, -0.2) is 9.59 Å². The molecular weight excluding hydrogens is 320 g/mol. The van der Waals surface area contributed by atoms with Gasteiger partial charge in [-0.1, -0.05) is 19.6 Å². The van der Waals surface area contributed by atoms with E-state index in [2.05, 4.69) is 13.2 Å². The van der Waals surface area contributed by atoms with Crippen molar-refractivity contribution in [1.29, 1.82) is 0 Å². The van der Waals surface area contributed by atoms with E-state index in [1.165, 1.54) is 25.7 Å². The fourth-order valence-corrected chi connectivity index (χ4v) is 5.85. The zero-order chi connectivity index (χ0) is 17.8. The minimum atomic E-state index is -0.684. The van der Waals surface area contributed by atoms with Crippen molar-refractivity contribution in [2.75, 3.05) is 6.61 Å². The summed E-state index contributed by atoms with van der Waals surface area (Å²) in [5.74, 6) is 2.33. The lowest BCUT2D eigenvalue weighted by molar-refractivity contribution is -0.143. The Bertz CT molecular complexity index is 626. The number of fused-ring (bicyclic) bond motifs is 5. The van der Waals surface area contributed by atoms with Crippen molar-refractivity contribution >= 4 is 11.9 Å². The zero-order valence-corrected chi connectivity index (χ0v) is 14.7. The number of carbonyl (C=O) groups excluding carboxylic acids is 2. The number of epoxide rings is 1. The first-order valence-corrected chi connectivity index (χ1v) is 9.29. The normalized spacial score (nSPS) is 43.4. The van der Waals surface area contributed by atoms with Crippen molar-refractivity contribution in [3.8, 4) is 0 Å². The zero-order valence-electron chi connectivity index (χ0n) is 14.7. The average molecular weight is 346 g/mol. The van der Waals surface area contributed by atoms with Crippen LogP contribution in [-0.4, -0.2) is 30.4 Å². The van der Waals surface area contributed by atoms with Gasteiger partial charge >= 0.3 is 11.9 Å². The highest BCUT2D eigenvalue weighted by Crippen LogP contribution is 2.66. The first kappa shape index (κ1) is 16.8. The van der Waals surface area contributed by atoms with Gasteiger partial charge in [0.1, 0.15) is 6.61 Å². The van der Waals surface area contributed by atoms with Gasteiger partial charge in [0.05, 0.1) is 0 Å². The highest BCUT2D eigenvalue weighted by atomic mass is 16.8. The predicted molar refractivity (Wildman–Crippen MR) is 90.2 cm³/mol. The highest BCUT2D eigenvalue weighted by Gasteiger charge is 2.71. The second-order valence-electron chi connectivity index (χ2n) is 8.16. The van der Waals surface area contributed by atoms with E-state index in [4.69, 9.17) is 14.2 Å². The molecule has 1 heterocycles. The van der Waals surface area contributed by atoms with Gasteiger partial charge in [-0.3, -0.25) is 0 Å². The monoisotopic (exact) mass is 346 g/mol. The van der Waals surface area contributed by atoms with Gasteiger partial charge in [0.2, 0.25) is 6.29 Å². The molecule has 0 aromatic heterocycles. The topological polar surface area (TPSA) is 65.1 Å². The second kappa shape index (κ2) is 5.97. The highest BCUT2D eigenvalue weighted by molar-refractivity contribution is 5.87. The third kappa shape index (κ3) is 2.64. The van der Waals surface area contributed by atoms with Crippen molar-refractivity contribution in [1.82, 2.24) is 0 Å². The molecule has 0 amide bonds. The summed E-state index contributed by atoms with van der Waals surface area (Å²) in [6.45, 7) is 8.81. The van der Waals surface area contributed by atoms with Crippen LogP contribution in [0.4, 0.5) is 0 Å². The fraction of sp³-hybridized carbons (Fsp3) is 0.700. The van der Waals surface area contributed by atoms with Crippen LogP contribution in [0.1, 0.15) is 39.0 Å². The lowest BCUT2D eigenvalue weighted by atomic mass is 9.70. The third-order valence-electron chi connectivity index (χ3n) is 6.89. The standard InChI is InChI=1S/C20H26O5/c1-4-17(21)24-19-20(25-19,10-23-18(22)11(2)3)16-9-12-8-15(16)14-7-5-6-13(12)14/h4,12-16,19H,1-2,5-10H2,3H3. The van der Waals surface area contributed by atoms with Gasteiger partial charge in [-0.05, 0) is 56.3 Å². The Morgan fingerprint density at radius 3 is 2.72 bits per heavy atom. The molecule has 0 aromatic rings. The maximum Gasteiger partial charge on any atom is 0.333 e. The van der Waals surface area contributed by atoms with Crippen LogP contribution in [0.3, 0.4) is 0 Å². The van der Waals surface area contributed by atoms with E-state index in [0.29, 0.717) is 11.5 Å². The molecule has 7 unspecified atom stereocenters. The molecule has 1 aliphatic heterocycles. The Morgan fingerprint density at radius 1 is 1.24 bits per heavy atom. The van der Waals surface area contributed by atoms with Gasteiger partial charge < -0.3 is 14.2 Å². The molecule has 4 aliphatic rings. The molecule has 0 spiro atoms. The molecule has 3 saturated carbocycles. The molecule has 2 bridgehead atoms. The van der Waals surface area contributed by atoms with Crippen molar-refractivity contribution < 1.29 is 23.8 Å². The van der Waals surface area contributed by atoms with E-state index in [1.807, 2.05) is 0 Å². The first-order chi connectivity index (χ1) is 12.0. The summed E-state index contributed by atoms with van der Waals surface area (Å²) in [4.78, 5) is 23.5. The van der Waals surface area contributed by atoms with Gasteiger partial charge in [0.15, 0.2) is 5.60 Å². The number of ether oxygens (including phenoxy) is 3. The van der Waals surface area contributed by atoms with E-state index in [9.17, 15) is 9.59 Å². The number of hydrogen-bond acceptors (Lipinski definition) is 5. The Kier molecular flexibility index (Phi) is 4.02. The summed E-state index contributed by atoms with van der Waals surface area (Å²) < 4.78 is 16.7. The molecule has 7 atom stereocenters. The smallest absolute Gasteiger partial charge is 0.333 e. The van der Waals surface area contributed by atoms with E-state index < -0.39 is 23.8 Å². The Hall–Kier alpha value is -1.62. The van der Waals surface area contributed by atoms with Crippen LogP contribution in [0.25, 0.3) is 0 Å². The Balaban J connectivity index is 1.51. The minimum Gasteiger partial charge on any atom is -0.459 e. The molecule has 1 saturated heterocycles. The maximum atomic E-state index is 11.9. The van der Waals surface area contributed by atoms with E-state index >= 15 is 0 Å². The average Bonchev–Trinajstić information content (AvgIpc) is 3.00. The molecule has 0 aromatic carbocycles. The predicted octanol–water partition coefficient (Wildman–Crippen LogP) is 3.00. The molecule has 5 heteroatoms. The molecule has 0 N–H and O–H groups in total. The summed E-state index contributed by atoms with van der Waals surface area (Å²) in [5, 5.41) is 0. The van der Waals surface area contributed by atoms with Crippen molar-refractivity contribution in [3.05, 3.63) is 24.8 Å². The molecule has 25 heavy (non-hydrogen) atoms. The van der Waals surface area contributed by atoms with Crippen LogP contribution in [0.2, 0.25) is 0 Å². The van der Waals surface area contributed by atoms with Crippen LogP contribution < -0.4 is 0 Å². The maximum absolute atomic E-state index is 11.9. The first-order valence-electron chi connectivity index (χ1n) is 9.29. The minimum absolute atomic E-state index is 0.124. The van der Waals surface area contributed by atoms with Crippen LogP contribution in [-0.2, 0) is 23.8 Å². The SMILES string of the molecule is C=CC(=O)OC1OC1(COC(=O)C(=C)C)C1CC2CC1C1CCCC21. The van der Waals surface area contributed by atoms with Crippen LogP contribution >= 0.6 is 0 Å². The lowest BCUT2D eigenvalue weighted by Crippen LogP contribution is -2.41. The summed E-state index contributed by atoms with van der Waals surface area (Å²) >= 11 is 0. The molecule has 4 rings (SSSR count). The Labute approximate surface area is 148 Å². The summed E-state index contributed by atoms with van der Waals surface area (Å²) in [6.07, 6.45) is 6.79. The largest absolute Gasteiger partial charge is 0.459 e. The van der Waals surface area contributed by atoms with Crippen LogP contribution in [0, 0.1) is 29.6 Å². The van der Waals surface area contributed by atoms with Gasteiger partial charge in [-0.15, -0.1) is 0 Å². The second-order valence-corrected chi connectivity index (χ2v) is 8.16. The molecule has 5 nitrogen and oxygen atoms in total. The third-order valence-corrected chi connectivity index (χ3v) is 6.89. The van der Waals surface area contributed by atoms with Crippen LogP contribution in [0.5, 0.6) is 0 Å². The summed E-state index contributed by atoms with van der Waals surface area (Å²) in [6, 6.07) is 0. The lowest BCUT2D eigenvalue weighted by Gasteiger charge is -2.34. The van der Waals surface area contributed by atoms with Crippen LogP contribution in [0.15, 0.2) is 24.8 Å². The molecule has 3 aliphatic carbocycles. The number of rotatable bonds is 6. The fourth-order valence-electron chi connectivity index (χ4n) is 5.85. The molecule has 0 radical (unpaired) electrons. The molecule has 136 valence electrons. The quantitative estimate of drug-likeness (QED) is 0.420. The van der Waals surface area contributed by atoms with Crippen molar-refractivity contribution in [2.24, 2.45) is 29.6 Å². The number of carbonyl (C=O) groups is 2. The number of esters is 2. The van der Waals surface area contributed by atoms with E-state index in [0.717, 1.165) is 30.3 Å². The molecular formula is C20H26O5. The Morgan fingerprint density at radius 2 is 2.00 bits per heavy atom. The number of hydrogen-bond donors (Lipinski definition) is 0. The van der Waals surface area contributed by atoms with Crippen molar-refractivity contribution in [3.63, 3.8) is 0 Å². The summed E-state index contributed by atoms with van der Waals surface area (Å²) in [5.41, 5.74) is -0.323. The molecule has 4 fully saturated rings. The van der Waals surface area contributed by atoms with Gasteiger partial charge in [-0.2, -0.15) is 0 Å². The van der Waals surface area contributed by atoms with Gasteiger partial charge in [0.25, 0.3) is 0 Å². The van der Waals surface area contributed by atoms with Crippen molar-refractivity contribution in [2.45, 2.75) is 50.9 Å².